The number of hydrogen-bond donors (Lipinski definition) is 1. The van der Waals surface area contributed by atoms with Gasteiger partial charge in [0.2, 0.25) is 0 Å². The lowest BCUT2D eigenvalue weighted by Crippen LogP contribution is -2.37. The van der Waals surface area contributed by atoms with Crippen molar-refractivity contribution in [3.8, 4) is 0 Å². The molecule has 0 radical (unpaired) electrons. The first-order chi connectivity index (χ1) is 7.43. The Kier molecular flexibility index (Phi) is 4.07. The number of carboxylic acid groups (broad SMARTS) is 1. The number of likely N-dealkylation sites (N-methyl/N-ethyl adjacent to an activating group) is 1. The number of benzene rings is 1. The van der Waals surface area contributed by atoms with E-state index in [0.29, 0.717) is 6.42 Å². The Morgan fingerprint density at radius 2 is 2.00 bits per heavy atom. The van der Waals surface area contributed by atoms with E-state index < -0.39 is 12.0 Å². The predicted octanol–water partition coefficient (Wildman–Crippen LogP) is 1.86. The molecule has 0 heterocycles. The third kappa shape index (κ3) is 2.83. The molecule has 88 valence electrons. The van der Waals surface area contributed by atoms with Gasteiger partial charge in [0.1, 0.15) is 6.04 Å². The summed E-state index contributed by atoms with van der Waals surface area (Å²) in [6.07, 6.45) is 0.551. The molecular formula is C13H19NO2. The summed E-state index contributed by atoms with van der Waals surface area (Å²) >= 11 is 0. The third-order valence-corrected chi connectivity index (χ3v) is 3.04. The molecule has 0 unspecified atom stereocenters. The number of carboxylic acids is 1. The van der Waals surface area contributed by atoms with E-state index in [1.165, 1.54) is 11.1 Å². The highest BCUT2D eigenvalue weighted by atomic mass is 16.4. The first kappa shape index (κ1) is 12.7. The smallest absolute Gasteiger partial charge is 0.321 e. The highest BCUT2D eigenvalue weighted by Gasteiger charge is 2.20. The monoisotopic (exact) mass is 221 g/mol. The standard InChI is InChI=1S/C13H19NO2/c1-9-6-5-7-11(10(9)2)8-12(13(15)16)14(3)4/h5-7,12H,8H2,1-4H3,(H,15,16)/t12-/m0/s1. The fourth-order valence-electron chi connectivity index (χ4n) is 1.73. The summed E-state index contributed by atoms with van der Waals surface area (Å²) in [5, 5.41) is 9.12. The second-order valence-electron chi connectivity index (χ2n) is 4.38. The van der Waals surface area contributed by atoms with Crippen molar-refractivity contribution in [3.05, 3.63) is 34.9 Å². The van der Waals surface area contributed by atoms with Crippen LogP contribution < -0.4 is 0 Å². The lowest BCUT2D eigenvalue weighted by atomic mass is 9.97. The molecule has 1 aromatic rings. The van der Waals surface area contributed by atoms with Gasteiger partial charge in [0, 0.05) is 0 Å². The van der Waals surface area contributed by atoms with Crippen LogP contribution in [0.3, 0.4) is 0 Å². The number of aryl methyl sites for hydroxylation is 1. The minimum absolute atomic E-state index is 0.458. The van der Waals surface area contributed by atoms with Crippen LogP contribution in [0.1, 0.15) is 16.7 Å². The Morgan fingerprint density at radius 3 is 2.50 bits per heavy atom. The van der Waals surface area contributed by atoms with E-state index in [4.69, 9.17) is 5.11 Å². The number of aliphatic carboxylic acids is 1. The Hall–Kier alpha value is -1.35. The Bertz CT molecular complexity index is 386. The summed E-state index contributed by atoms with van der Waals surface area (Å²) < 4.78 is 0. The lowest BCUT2D eigenvalue weighted by molar-refractivity contribution is -0.142. The average molecular weight is 221 g/mol. The van der Waals surface area contributed by atoms with Gasteiger partial charge in [-0.25, -0.2) is 0 Å². The van der Waals surface area contributed by atoms with Crippen molar-refractivity contribution in [2.75, 3.05) is 14.1 Å². The topological polar surface area (TPSA) is 40.5 Å². The van der Waals surface area contributed by atoms with Crippen molar-refractivity contribution in [2.45, 2.75) is 26.3 Å². The van der Waals surface area contributed by atoms with Crippen molar-refractivity contribution >= 4 is 5.97 Å². The number of nitrogens with zero attached hydrogens (tertiary/aromatic N) is 1. The van der Waals surface area contributed by atoms with E-state index in [0.717, 1.165) is 5.56 Å². The Morgan fingerprint density at radius 1 is 1.38 bits per heavy atom. The highest BCUT2D eigenvalue weighted by Crippen LogP contribution is 2.16. The summed E-state index contributed by atoms with van der Waals surface area (Å²) in [6.45, 7) is 4.09. The molecular weight excluding hydrogens is 202 g/mol. The summed E-state index contributed by atoms with van der Waals surface area (Å²) in [5.74, 6) is -0.772. The zero-order chi connectivity index (χ0) is 12.3. The molecule has 1 N–H and O–H groups in total. The molecule has 3 heteroatoms. The number of carbonyl (C=O) groups is 1. The first-order valence-corrected chi connectivity index (χ1v) is 5.37. The molecule has 0 aliphatic heterocycles. The van der Waals surface area contributed by atoms with E-state index in [-0.39, 0.29) is 0 Å². The van der Waals surface area contributed by atoms with Crippen molar-refractivity contribution in [1.82, 2.24) is 4.90 Å². The van der Waals surface area contributed by atoms with Gasteiger partial charge in [-0.1, -0.05) is 18.2 Å². The summed E-state index contributed by atoms with van der Waals surface area (Å²) in [7, 11) is 3.59. The van der Waals surface area contributed by atoms with Gasteiger partial charge in [0.15, 0.2) is 0 Å². The van der Waals surface area contributed by atoms with Gasteiger partial charge >= 0.3 is 5.97 Å². The van der Waals surface area contributed by atoms with Crippen LogP contribution in [-0.4, -0.2) is 36.1 Å². The fourth-order valence-corrected chi connectivity index (χ4v) is 1.73. The molecule has 1 atom stereocenters. The number of hydrogen-bond acceptors (Lipinski definition) is 2. The Balaban J connectivity index is 2.94. The zero-order valence-corrected chi connectivity index (χ0v) is 10.3. The number of rotatable bonds is 4. The predicted molar refractivity (Wildman–Crippen MR) is 64.7 cm³/mol. The molecule has 0 saturated carbocycles. The van der Waals surface area contributed by atoms with E-state index in [1.54, 1.807) is 19.0 Å². The van der Waals surface area contributed by atoms with Crippen LogP contribution in [0.25, 0.3) is 0 Å². The van der Waals surface area contributed by atoms with Gasteiger partial charge in [0.05, 0.1) is 0 Å². The van der Waals surface area contributed by atoms with Gasteiger partial charge in [-0.15, -0.1) is 0 Å². The van der Waals surface area contributed by atoms with Gasteiger partial charge in [0.25, 0.3) is 0 Å². The zero-order valence-electron chi connectivity index (χ0n) is 10.3. The fraction of sp³-hybridized carbons (Fsp3) is 0.462. The quantitative estimate of drug-likeness (QED) is 0.843. The van der Waals surface area contributed by atoms with Crippen LogP contribution in [0.15, 0.2) is 18.2 Å². The van der Waals surface area contributed by atoms with Crippen molar-refractivity contribution in [1.29, 1.82) is 0 Å². The molecule has 0 aliphatic carbocycles. The van der Waals surface area contributed by atoms with Crippen molar-refractivity contribution in [2.24, 2.45) is 0 Å². The van der Waals surface area contributed by atoms with Crippen LogP contribution in [0.4, 0.5) is 0 Å². The van der Waals surface area contributed by atoms with E-state index in [1.807, 2.05) is 32.0 Å². The van der Waals surface area contributed by atoms with Crippen LogP contribution >= 0.6 is 0 Å². The first-order valence-electron chi connectivity index (χ1n) is 5.37. The minimum atomic E-state index is -0.772. The van der Waals surface area contributed by atoms with E-state index in [2.05, 4.69) is 0 Å². The molecule has 0 amide bonds. The SMILES string of the molecule is Cc1cccc(C[C@@H](C(=O)O)N(C)C)c1C. The van der Waals surface area contributed by atoms with Crippen LogP contribution in [-0.2, 0) is 11.2 Å². The maximum atomic E-state index is 11.1. The molecule has 0 saturated heterocycles. The molecule has 1 aromatic carbocycles. The second-order valence-corrected chi connectivity index (χ2v) is 4.38. The van der Waals surface area contributed by atoms with Gasteiger partial charge in [-0.05, 0) is 51.1 Å². The van der Waals surface area contributed by atoms with Gasteiger partial charge in [-0.2, -0.15) is 0 Å². The van der Waals surface area contributed by atoms with Crippen LogP contribution in [0, 0.1) is 13.8 Å². The molecule has 16 heavy (non-hydrogen) atoms. The highest BCUT2D eigenvalue weighted by molar-refractivity contribution is 5.74. The molecule has 1 rings (SSSR count). The van der Waals surface area contributed by atoms with E-state index in [9.17, 15) is 4.79 Å². The van der Waals surface area contributed by atoms with Crippen molar-refractivity contribution in [3.63, 3.8) is 0 Å². The molecule has 0 fully saturated rings. The van der Waals surface area contributed by atoms with Crippen molar-refractivity contribution < 1.29 is 9.90 Å². The van der Waals surface area contributed by atoms with E-state index >= 15 is 0 Å². The summed E-state index contributed by atoms with van der Waals surface area (Å²) in [4.78, 5) is 12.8. The lowest BCUT2D eigenvalue weighted by Gasteiger charge is -2.21. The molecule has 0 spiro atoms. The Labute approximate surface area is 96.7 Å². The second kappa shape index (κ2) is 5.12. The van der Waals surface area contributed by atoms with Crippen LogP contribution in [0.5, 0.6) is 0 Å². The molecule has 0 bridgehead atoms. The summed E-state index contributed by atoms with van der Waals surface area (Å²) in [5.41, 5.74) is 3.51. The minimum Gasteiger partial charge on any atom is -0.480 e. The normalized spacial score (nSPS) is 12.8. The van der Waals surface area contributed by atoms with Gasteiger partial charge < -0.3 is 5.11 Å². The third-order valence-electron chi connectivity index (χ3n) is 3.04. The largest absolute Gasteiger partial charge is 0.480 e. The molecule has 0 aliphatic rings. The average Bonchev–Trinajstić information content (AvgIpc) is 2.19. The molecule has 0 aromatic heterocycles. The maximum Gasteiger partial charge on any atom is 0.321 e. The maximum absolute atomic E-state index is 11.1. The van der Waals surface area contributed by atoms with Crippen LogP contribution in [0.2, 0.25) is 0 Å². The summed E-state index contributed by atoms with van der Waals surface area (Å²) in [6, 6.07) is 5.57. The molecule has 3 nitrogen and oxygen atoms in total. The van der Waals surface area contributed by atoms with Gasteiger partial charge in [-0.3, -0.25) is 9.69 Å².